The Hall–Kier alpha value is -1.30. The van der Waals surface area contributed by atoms with E-state index in [4.69, 9.17) is 4.74 Å². The second-order valence-corrected chi connectivity index (χ2v) is 7.15. The molecular weight excluding hydrogens is 272 g/mol. The van der Waals surface area contributed by atoms with Gasteiger partial charge in [-0.25, -0.2) is 4.79 Å². The second kappa shape index (κ2) is 5.48. The zero-order valence-corrected chi connectivity index (χ0v) is 13.4. The summed E-state index contributed by atoms with van der Waals surface area (Å²) >= 11 is 0. The predicted molar refractivity (Wildman–Crippen MR) is 78.2 cm³/mol. The molecule has 0 bridgehead atoms. The molecule has 1 aliphatic carbocycles. The highest BCUT2D eigenvalue weighted by Crippen LogP contribution is 2.40. The molecule has 2 rings (SSSR count). The van der Waals surface area contributed by atoms with E-state index in [1.54, 1.807) is 4.90 Å². The number of hydrogen-bond donors (Lipinski definition) is 1. The Labute approximate surface area is 126 Å². The number of nitrogens with zero attached hydrogens (tertiary/aromatic N) is 2. The molecule has 120 valence electrons. The van der Waals surface area contributed by atoms with E-state index in [9.17, 15) is 14.7 Å². The van der Waals surface area contributed by atoms with E-state index in [0.29, 0.717) is 19.1 Å². The Balaban J connectivity index is 2.02. The number of carboxylic acid groups (broad SMARTS) is 1. The minimum absolute atomic E-state index is 0.0800. The Morgan fingerprint density at radius 3 is 2.29 bits per heavy atom. The maximum absolute atomic E-state index is 12.0. The molecule has 1 saturated heterocycles. The number of amides is 1. The number of aliphatic carboxylic acids is 1. The molecule has 2 aliphatic rings. The van der Waals surface area contributed by atoms with Crippen molar-refractivity contribution in [2.75, 3.05) is 19.6 Å². The maximum Gasteiger partial charge on any atom is 0.410 e. The fraction of sp³-hybridized carbons (Fsp3) is 0.867. The van der Waals surface area contributed by atoms with Gasteiger partial charge in [-0.15, -0.1) is 0 Å². The Morgan fingerprint density at radius 1 is 1.33 bits per heavy atom. The monoisotopic (exact) mass is 298 g/mol. The molecule has 6 nitrogen and oxygen atoms in total. The quantitative estimate of drug-likeness (QED) is 0.840. The molecule has 1 heterocycles. The Kier molecular flexibility index (Phi) is 4.19. The number of likely N-dealkylation sites (N-methyl/N-ethyl adjacent to an activating group) is 1. The van der Waals surface area contributed by atoms with E-state index < -0.39 is 17.1 Å². The molecule has 0 aromatic carbocycles. The summed E-state index contributed by atoms with van der Waals surface area (Å²) in [6.07, 6.45) is 1.98. The number of carbonyl (C=O) groups excluding carboxylic acids is 1. The van der Waals surface area contributed by atoms with Crippen LogP contribution < -0.4 is 0 Å². The van der Waals surface area contributed by atoms with Gasteiger partial charge in [0.15, 0.2) is 0 Å². The van der Waals surface area contributed by atoms with Gasteiger partial charge < -0.3 is 14.7 Å². The van der Waals surface area contributed by atoms with Gasteiger partial charge in [0.25, 0.3) is 0 Å². The van der Waals surface area contributed by atoms with Gasteiger partial charge in [0.05, 0.1) is 12.0 Å². The Bertz CT molecular complexity index is 420. The first kappa shape index (κ1) is 16.1. The molecule has 1 N–H and O–H groups in total. The van der Waals surface area contributed by atoms with Gasteiger partial charge in [-0.1, -0.05) is 6.92 Å². The van der Waals surface area contributed by atoms with Crippen molar-refractivity contribution >= 4 is 12.1 Å². The predicted octanol–water partition coefficient (Wildman–Crippen LogP) is 1.93. The van der Waals surface area contributed by atoms with Gasteiger partial charge in [0.1, 0.15) is 5.60 Å². The van der Waals surface area contributed by atoms with Crippen molar-refractivity contribution in [3.05, 3.63) is 0 Å². The molecule has 0 unspecified atom stereocenters. The lowest BCUT2D eigenvalue weighted by Crippen LogP contribution is -2.72. The van der Waals surface area contributed by atoms with Crippen molar-refractivity contribution in [1.82, 2.24) is 9.80 Å². The smallest absolute Gasteiger partial charge is 0.410 e. The lowest BCUT2D eigenvalue weighted by molar-refractivity contribution is -0.146. The largest absolute Gasteiger partial charge is 0.481 e. The highest BCUT2D eigenvalue weighted by molar-refractivity contribution is 5.73. The molecular formula is C15H26N2O4. The van der Waals surface area contributed by atoms with Gasteiger partial charge in [0.2, 0.25) is 0 Å². The number of carbonyl (C=O) groups is 2. The summed E-state index contributed by atoms with van der Waals surface area (Å²) in [6, 6.07) is 0.482. The van der Waals surface area contributed by atoms with Crippen molar-refractivity contribution in [2.45, 2.75) is 64.1 Å². The Morgan fingerprint density at radius 2 is 1.90 bits per heavy atom. The summed E-state index contributed by atoms with van der Waals surface area (Å²) in [6.45, 7) is 9.25. The van der Waals surface area contributed by atoms with Crippen LogP contribution in [0.15, 0.2) is 0 Å². The number of ether oxygens (including phenoxy) is 1. The van der Waals surface area contributed by atoms with E-state index in [-0.39, 0.29) is 12.5 Å². The van der Waals surface area contributed by atoms with Crippen LogP contribution in [0.2, 0.25) is 0 Å². The molecule has 0 radical (unpaired) electrons. The van der Waals surface area contributed by atoms with Crippen LogP contribution in [-0.2, 0) is 9.53 Å². The maximum atomic E-state index is 12.0. The van der Waals surface area contributed by atoms with Gasteiger partial charge in [0, 0.05) is 19.1 Å². The average molecular weight is 298 g/mol. The normalized spacial score (nSPS) is 21.1. The molecule has 0 atom stereocenters. The summed E-state index contributed by atoms with van der Waals surface area (Å²) in [7, 11) is 0. The highest BCUT2D eigenvalue weighted by Gasteiger charge is 2.54. The fourth-order valence-corrected chi connectivity index (χ4v) is 3.16. The zero-order chi connectivity index (χ0) is 15.8. The van der Waals surface area contributed by atoms with Crippen LogP contribution in [0.1, 0.15) is 47.0 Å². The van der Waals surface area contributed by atoms with E-state index >= 15 is 0 Å². The van der Waals surface area contributed by atoms with E-state index in [2.05, 4.69) is 11.8 Å². The minimum Gasteiger partial charge on any atom is -0.481 e. The fourth-order valence-electron chi connectivity index (χ4n) is 3.16. The van der Waals surface area contributed by atoms with Gasteiger partial charge in [-0.3, -0.25) is 9.69 Å². The van der Waals surface area contributed by atoms with Crippen molar-refractivity contribution in [3.8, 4) is 0 Å². The lowest BCUT2D eigenvalue weighted by atomic mass is 9.84. The standard InChI is InChI=1S/C15H26N2O4/c1-5-17(11-6-7-11)15(8-12(18)19)9-16(10-15)13(20)21-14(2,3)4/h11H,5-10H2,1-4H3,(H,18,19). The van der Waals surface area contributed by atoms with Crippen LogP contribution in [-0.4, -0.2) is 63.8 Å². The van der Waals surface area contributed by atoms with Crippen LogP contribution in [0.4, 0.5) is 4.79 Å². The summed E-state index contributed by atoms with van der Waals surface area (Å²) in [5.41, 5.74) is -0.943. The SMILES string of the molecule is CCN(C1CC1)C1(CC(=O)O)CN(C(=O)OC(C)(C)C)C1. The molecule has 1 aliphatic heterocycles. The summed E-state index contributed by atoms with van der Waals surface area (Å²) in [5, 5.41) is 9.21. The van der Waals surface area contributed by atoms with Gasteiger partial charge >= 0.3 is 12.1 Å². The van der Waals surface area contributed by atoms with Crippen LogP contribution in [0.3, 0.4) is 0 Å². The molecule has 0 spiro atoms. The third-order valence-corrected chi connectivity index (χ3v) is 4.04. The minimum atomic E-state index is -0.807. The van der Waals surface area contributed by atoms with Gasteiger partial charge in [-0.2, -0.15) is 0 Å². The molecule has 1 saturated carbocycles. The first-order valence-corrected chi connectivity index (χ1v) is 7.63. The van der Waals surface area contributed by atoms with Crippen LogP contribution in [0.25, 0.3) is 0 Å². The van der Waals surface area contributed by atoms with Gasteiger partial charge in [-0.05, 0) is 40.2 Å². The van der Waals surface area contributed by atoms with E-state index in [1.807, 2.05) is 20.8 Å². The van der Waals surface area contributed by atoms with Crippen LogP contribution >= 0.6 is 0 Å². The summed E-state index contributed by atoms with van der Waals surface area (Å²) < 4.78 is 5.35. The van der Waals surface area contributed by atoms with Crippen molar-refractivity contribution in [2.24, 2.45) is 0 Å². The molecule has 1 amide bonds. The molecule has 6 heteroatoms. The molecule has 2 fully saturated rings. The average Bonchev–Trinajstić information content (AvgIpc) is 3.06. The first-order chi connectivity index (χ1) is 9.67. The highest BCUT2D eigenvalue weighted by atomic mass is 16.6. The molecule has 21 heavy (non-hydrogen) atoms. The first-order valence-electron chi connectivity index (χ1n) is 7.63. The van der Waals surface area contributed by atoms with E-state index in [0.717, 1.165) is 19.4 Å². The number of rotatable bonds is 5. The lowest BCUT2D eigenvalue weighted by Gasteiger charge is -2.55. The van der Waals surface area contributed by atoms with Crippen LogP contribution in [0, 0.1) is 0 Å². The van der Waals surface area contributed by atoms with Crippen molar-refractivity contribution in [1.29, 1.82) is 0 Å². The third-order valence-electron chi connectivity index (χ3n) is 4.04. The van der Waals surface area contributed by atoms with Crippen molar-refractivity contribution < 1.29 is 19.4 Å². The zero-order valence-electron chi connectivity index (χ0n) is 13.4. The van der Waals surface area contributed by atoms with E-state index in [1.165, 1.54) is 0 Å². The van der Waals surface area contributed by atoms with Crippen LogP contribution in [0.5, 0.6) is 0 Å². The topological polar surface area (TPSA) is 70.1 Å². The number of carboxylic acids is 1. The molecule has 0 aromatic rings. The summed E-state index contributed by atoms with van der Waals surface area (Å²) in [5.74, 6) is -0.807. The molecule has 0 aromatic heterocycles. The summed E-state index contributed by atoms with van der Waals surface area (Å²) in [4.78, 5) is 27.1. The number of likely N-dealkylation sites (tertiary alicyclic amines) is 1. The third kappa shape index (κ3) is 3.67. The number of hydrogen-bond acceptors (Lipinski definition) is 4. The van der Waals surface area contributed by atoms with Crippen molar-refractivity contribution in [3.63, 3.8) is 0 Å². The second-order valence-electron chi connectivity index (χ2n) is 7.15.